The van der Waals surface area contributed by atoms with E-state index in [0.29, 0.717) is 4.64 Å². The second-order valence-corrected chi connectivity index (χ2v) is 4.47. The summed E-state index contributed by atoms with van der Waals surface area (Å²) >= 11 is 5.18. The van der Waals surface area contributed by atoms with Gasteiger partial charge in [-0.15, -0.1) is 0 Å². The van der Waals surface area contributed by atoms with Gasteiger partial charge in [0.1, 0.15) is 16.3 Å². The Morgan fingerprint density at radius 3 is 2.65 bits per heavy atom. The molecule has 0 saturated heterocycles. The van der Waals surface area contributed by atoms with E-state index in [9.17, 15) is 4.39 Å². The van der Waals surface area contributed by atoms with E-state index in [1.54, 1.807) is 6.07 Å². The highest BCUT2D eigenvalue weighted by molar-refractivity contribution is 7.71. The van der Waals surface area contributed by atoms with Crippen LogP contribution in [0.15, 0.2) is 18.2 Å². The summed E-state index contributed by atoms with van der Waals surface area (Å²) in [5.74, 6) is 0.484. The molecule has 0 fully saturated rings. The lowest BCUT2D eigenvalue weighted by atomic mass is 10.0. The average molecular weight is 248 g/mol. The van der Waals surface area contributed by atoms with Crippen LogP contribution in [-0.2, 0) is 0 Å². The Morgan fingerprint density at radius 1 is 1.24 bits per heavy atom. The topological polar surface area (TPSA) is 28.7 Å². The number of halogens is 1. The monoisotopic (exact) mass is 248 g/mol. The fraction of sp³-hybridized carbons (Fsp3) is 0.231. The molecule has 1 heterocycles. The van der Waals surface area contributed by atoms with Gasteiger partial charge in [0.2, 0.25) is 0 Å². The Labute approximate surface area is 105 Å². The number of rotatable bonds is 1. The minimum absolute atomic E-state index is 0.251. The van der Waals surface area contributed by atoms with Crippen LogP contribution in [0.1, 0.15) is 17.0 Å². The molecule has 1 aromatic carbocycles. The summed E-state index contributed by atoms with van der Waals surface area (Å²) in [6.45, 7) is 5.68. The average Bonchev–Trinajstić information content (AvgIpc) is 2.27. The van der Waals surface area contributed by atoms with E-state index < -0.39 is 0 Å². The van der Waals surface area contributed by atoms with Crippen LogP contribution in [0.2, 0.25) is 0 Å². The van der Waals surface area contributed by atoms with Gasteiger partial charge in [0.15, 0.2) is 0 Å². The minimum atomic E-state index is -0.251. The molecule has 2 rings (SSSR count). The first kappa shape index (κ1) is 11.9. The van der Waals surface area contributed by atoms with Gasteiger partial charge < -0.3 is 4.98 Å². The Morgan fingerprint density at radius 2 is 1.94 bits per heavy atom. The molecular weight excluding hydrogens is 235 g/mol. The van der Waals surface area contributed by atoms with E-state index in [4.69, 9.17) is 12.2 Å². The third kappa shape index (κ3) is 2.26. The molecule has 17 heavy (non-hydrogen) atoms. The van der Waals surface area contributed by atoms with Crippen LogP contribution in [-0.4, -0.2) is 9.97 Å². The zero-order valence-electron chi connectivity index (χ0n) is 9.97. The van der Waals surface area contributed by atoms with Crippen LogP contribution >= 0.6 is 12.2 Å². The van der Waals surface area contributed by atoms with Crippen molar-refractivity contribution in [3.05, 3.63) is 45.6 Å². The standard InChI is InChI=1S/C13H13FN2S/c1-7-4-5-10(14)6-11(7)12-8(2)13(17)16-9(3)15-12/h4-6H,1-3H3,(H,15,16,17). The van der Waals surface area contributed by atoms with Crippen LogP contribution < -0.4 is 0 Å². The van der Waals surface area contributed by atoms with Crippen molar-refractivity contribution in [2.75, 3.05) is 0 Å². The molecule has 0 amide bonds. The third-order valence-electron chi connectivity index (χ3n) is 2.74. The van der Waals surface area contributed by atoms with Crippen molar-refractivity contribution in [1.82, 2.24) is 9.97 Å². The maximum absolute atomic E-state index is 13.3. The minimum Gasteiger partial charge on any atom is -0.343 e. The predicted molar refractivity (Wildman–Crippen MR) is 69.0 cm³/mol. The van der Waals surface area contributed by atoms with E-state index in [1.165, 1.54) is 12.1 Å². The van der Waals surface area contributed by atoms with Crippen LogP contribution in [0.5, 0.6) is 0 Å². The number of benzene rings is 1. The summed E-state index contributed by atoms with van der Waals surface area (Å²) in [6.07, 6.45) is 0. The van der Waals surface area contributed by atoms with Gasteiger partial charge in [-0.1, -0.05) is 18.3 Å². The number of nitrogens with one attached hydrogen (secondary N) is 1. The zero-order valence-corrected chi connectivity index (χ0v) is 10.8. The molecule has 2 aromatic rings. The molecule has 0 radical (unpaired) electrons. The number of H-pyrrole nitrogens is 1. The van der Waals surface area contributed by atoms with Gasteiger partial charge in [0.05, 0.1) is 5.69 Å². The van der Waals surface area contributed by atoms with Gasteiger partial charge in [-0.3, -0.25) is 0 Å². The van der Waals surface area contributed by atoms with Crippen LogP contribution in [0.3, 0.4) is 0 Å². The second-order valence-electron chi connectivity index (χ2n) is 4.09. The largest absolute Gasteiger partial charge is 0.343 e. The summed E-state index contributed by atoms with van der Waals surface area (Å²) in [4.78, 5) is 7.33. The SMILES string of the molecule is Cc1nc(=S)c(C)c(-c2cc(F)ccc2C)[nH]1. The van der Waals surface area contributed by atoms with Crippen molar-refractivity contribution in [2.45, 2.75) is 20.8 Å². The number of aryl methyl sites for hydroxylation is 2. The number of aromatic amines is 1. The molecule has 0 bridgehead atoms. The van der Waals surface area contributed by atoms with E-state index in [2.05, 4.69) is 9.97 Å². The van der Waals surface area contributed by atoms with Gasteiger partial charge in [-0.25, -0.2) is 9.37 Å². The highest BCUT2D eigenvalue weighted by Crippen LogP contribution is 2.25. The van der Waals surface area contributed by atoms with Gasteiger partial charge in [0.25, 0.3) is 0 Å². The molecule has 0 aliphatic rings. The quantitative estimate of drug-likeness (QED) is 0.776. The molecule has 88 valence electrons. The first-order chi connectivity index (χ1) is 7.99. The number of nitrogens with zero attached hydrogens (tertiary/aromatic N) is 1. The predicted octanol–water partition coefficient (Wildman–Crippen LogP) is 3.87. The number of hydrogen-bond donors (Lipinski definition) is 1. The Hall–Kier alpha value is -1.55. The summed E-state index contributed by atoms with van der Waals surface area (Å²) in [6, 6.07) is 4.73. The Balaban J connectivity index is 2.76. The first-order valence-electron chi connectivity index (χ1n) is 5.33. The van der Waals surface area contributed by atoms with Crippen molar-refractivity contribution in [2.24, 2.45) is 0 Å². The highest BCUT2D eigenvalue weighted by Gasteiger charge is 2.09. The van der Waals surface area contributed by atoms with E-state index in [0.717, 1.165) is 28.2 Å². The van der Waals surface area contributed by atoms with E-state index >= 15 is 0 Å². The smallest absolute Gasteiger partial charge is 0.133 e. The zero-order chi connectivity index (χ0) is 12.6. The molecule has 0 aliphatic heterocycles. The summed E-state index contributed by atoms with van der Waals surface area (Å²) < 4.78 is 13.9. The Bertz CT molecular complexity index is 632. The number of aromatic nitrogens is 2. The summed E-state index contributed by atoms with van der Waals surface area (Å²) in [5.41, 5.74) is 3.56. The molecule has 2 nitrogen and oxygen atoms in total. The summed E-state index contributed by atoms with van der Waals surface area (Å²) in [7, 11) is 0. The highest BCUT2D eigenvalue weighted by atomic mass is 32.1. The molecular formula is C13H13FN2S. The van der Waals surface area contributed by atoms with Crippen LogP contribution in [0, 0.1) is 31.2 Å². The first-order valence-corrected chi connectivity index (χ1v) is 5.74. The maximum Gasteiger partial charge on any atom is 0.133 e. The Kier molecular flexibility index (Phi) is 3.07. The molecule has 0 aliphatic carbocycles. The molecule has 0 atom stereocenters. The normalized spacial score (nSPS) is 10.6. The van der Waals surface area contributed by atoms with Crippen molar-refractivity contribution in [1.29, 1.82) is 0 Å². The molecule has 0 saturated carbocycles. The van der Waals surface area contributed by atoms with Crippen LogP contribution in [0.4, 0.5) is 4.39 Å². The van der Waals surface area contributed by atoms with Crippen molar-refractivity contribution >= 4 is 12.2 Å². The summed E-state index contributed by atoms with van der Waals surface area (Å²) in [5, 5.41) is 0. The van der Waals surface area contributed by atoms with Gasteiger partial charge in [-0.2, -0.15) is 0 Å². The van der Waals surface area contributed by atoms with Gasteiger partial charge in [-0.05, 0) is 38.5 Å². The lowest BCUT2D eigenvalue weighted by Gasteiger charge is -2.10. The van der Waals surface area contributed by atoms with Crippen LogP contribution in [0.25, 0.3) is 11.3 Å². The lowest BCUT2D eigenvalue weighted by Crippen LogP contribution is -1.98. The van der Waals surface area contributed by atoms with E-state index in [1.807, 2.05) is 20.8 Å². The molecule has 1 aromatic heterocycles. The van der Waals surface area contributed by atoms with E-state index in [-0.39, 0.29) is 5.82 Å². The van der Waals surface area contributed by atoms with Crippen molar-refractivity contribution in [3.8, 4) is 11.3 Å². The second kappa shape index (κ2) is 4.37. The lowest BCUT2D eigenvalue weighted by molar-refractivity contribution is 0.628. The van der Waals surface area contributed by atoms with Gasteiger partial charge in [0, 0.05) is 11.1 Å². The molecule has 0 spiro atoms. The van der Waals surface area contributed by atoms with Crippen molar-refractivity contribution in [3.63, 3.8) is 0 Å². The molecule has 1 N–H and O–H groups in total. The van der Waals surface area contributed by atoms with Crippen molar-refractivity contribution < 1.29 is 4.39 Å². The maximum atomic E-state index is 13.3. The van der Waals surface area contributed by atoms with Gasteiger partial charge >= 0.3 is 0 Å². The third-order valence-corrected chi connectivity index (χ3v) is 3.14. The number of hydrogen-bond acceptors (Lipinski definition) is 2. The molecule has 4 heteroatoms. The fourth-order valence-electron chi connectivity index (χ4n) is 1.78. The fourth-order valence-corrected chi connectivity index (χ4v) is 2.02. The molecule has 0 unspecified atom stereocenters.